The summed E-state index contributed by atoms with van der Waals surface area (Å²) in [7, 11) is 0. The van der Waals surface area contributed by atoms with Crippen LogP contribution in [0.15, 0.2) is 24.3 Å². The summed E-state index contributed by atoms with van der Waals surface area (Å²) in [6.07, 6.45) is -1.99. The molecule has 2 amide bonds. The van der Waals surface area contributed by atoms with Gasteiger partial charge in [0.25, 0.3) is 5.91 Å². The fourth-order valence-electron chi connectivity index (χ4n) is 3.45. The highest BCUT2D eigenvalue weighted by Crippen LogP contribution is 2.29. The van der Waals surface area contributed by atoms with Crippen LogP contribution >= 0.6 is 0 Å². The van der Waals surface area contributed by atoms with Gasteiger partial charge in [0.05, 0.1) is 31.3 Å². The molecule has 0 bridgehead atoms. The van der Waals surface area contributed by atoms with E-state index in [1.165, 1.54) is 12.1 Å². The number of alkyl halides is 3. The number of rotatable bonds is 6. The Labute approximate surface area is 167 Å². The third-order valence-electron chi connectivity index (χ3n) is 5.17. The Hall–Kier alpha value is -2.13. The van der Waals surface area contributed by atoms with Crippen LogP contribution in [0.2, 0.25) is 0 Å². The van der Waals surface area contributed by atoms with Crippen LogP contribution in [0.25, 0.3) is 0 Å². The lowest BCUT2D eigenvalue weighted by atomic mass is 10.1. The first-order valence-corrected chi connectivity index (χ1v) is 9.78. The molecule has 0 N–H and O–H groups in total. The van der Waals surface area contributed by atoms with Crippen molar-refractivity contribution in [1.82, 2.24) is 9.80 Å². The number of benzene rings is 1. The number of amides is 2. The van der Waals surface area contributed by atoms with Crippen molar-refractivity contribution in [1.29, 1.82) is 0 Å². The molecule has 1 unspecified atom stereocenters. The van der Waals surface area contributed by atoms with Crippen molar-refractivity contribution in [3.05, 3.63) is 35.4 Å². The van der Waals surface area contributed by atoms with Crippen LogP contribution in [0, 0.1) is 0 Å². The third-order valence-corrected chi connectivity index (χ3v) is 5.17. The quantitative estimate of drug-likeness (QED) is 0.672. The molecule has 9 heteroatoms. The van der Waals surface area contributed by atoms with Crippen LogP contribution in [0.4, 0.5) is 13.2 Å². The molecule has 1 aromatic rings. The van der Waals surface area contributed by atoms with Crippen LogP contribution in [0.3, 0.4) is 0 Å². The van der Waals surface area contributed by atoms with E-state index in [0.29, 0.717) is 39.4 Å². The minimum atomic E-state index is -4.43. The van der Waals surface area contributed by atoms with Crippen LogP contribution in [-0.2, 0) is 20.4 Å². The molecule has 1 aromatic carbocycles. The molecule has 0 aliphatic carbocycles. The van der Waals surface area contributed by atoms with Crippen molar-refractivity contribution < 1.29 is 32.2 Å². The van der Waals surface area contributed by atoms with Gasteiger partial charge < -0.3 is 19.3 Å². The van der Waals surface area contributed by atoms with Gasteiger partial charge in [0.1, 0.15) is 0 Å². The van der Waals surface area contributed by atoms with E-state index < -0.39 is 11.7 Å². The van der Waals surface area contributed by atoms with Gasteiger partial charge >= 0.3 is 6.18 Å². The molecule has 1 atom stereocenters. The van der Waals surface area contributed by atoms with Crippen molar-refractivity contribution in [2.75, 3.05) is 46.0 Å². The van der Waals surface area contributed by atoms with Crippen molar-refractivity contribution >= 4 is 11.8 Å². The van der Waals surface area contributed by atoms with Crippen LogP contribution < -0.4 is 0 Å². The summed E-state index contributed by atoms with van der Waals surface area (Å²) in [5, 5.41) is 0. The van der Waals surface area contributed by atoms with Gasteiger partial charge in [0.15, 0.2) is 0 Å². The lowest BCUT2D eigenvalue weighted by Gasteiger charge is -2.35. The Morgan fingerprint density at radius 1 is 1.07 bits per heavy atom. The maximum atomic E-state index is 12.6. The van der Waals surface area contributed by atoms with E-state index >= 15 is 0 Å². The zero-order valence-corrected chi connectivity index (χ0v) is 16.1. The van der Waals surface area contributed by atoms with Crippen LogP contribution in [0.5, 0.6) is 0 Å². The standard InChI is InChI=1S/C20H25F3N2O4/c21-20(22,23)16-5-3-15(4-6-16)19(27)25-10-8-24(9-11-25)18(26)7-13-28-14-17-2-1-12-29-17/h3-6,17H,1-2,7-14H2. The first-order chi connectivity index (χ1) is 13.8. The number of halogens is 3. The highest BCUT2D eigenvalue weighted by molar-refractivity contribution is 5.94. The summed E-state index contributed by atoms with van der Waals surface area (Å²) < 4.78 is 48.9. The van der Waals surface area contributed by atoms with Gasteiger partial charge in [-0.3, -0.25) is 9.59 Å². The molecule has 3 rings (SSSR count). The molecule has 0 spiro atoms. The van der Waals surface area contributed by atoms with E-state index in [9.17, 15) is 22.8 Å². The van der Waals surface area contributed by atoms with E-state index in [2.05, 4.69) is 0 Å². The smallest absolute Gasteiger partial charge is 0.378 e. The molecule has 2 aliphatic rings. The zero-order valence-electron chi connectivity index (χ0n) is 16.1. The number of carbonyl (C=O) groups is 2. The zero-order chi connectivity index (χ0) is 20.9. The second-order valence-corrected chi connectivity index (χ2v) is 7.21. The van der Waals surface area contributed by atoms with Crippen molar-refractivity contribution in [3.63, 3.8) is 0 Å². The number of hydrogen-bond donors (Lipinski definition) is 0. The Balaban J connectivity index is 1.39. The first kappa shape index (κ1) is 21.6. The number of nitrogens with zero attached hydrogens (tertiary/aromatic N) is 2. The Kier molecular flexibility index (Phi) is 7.13. The maximum absolute atomic E-state index is 12.6. The molecular weight excluding hydrogens is 389 g/mol. The fraction of sp³-hybridized carbons (Fsp3) is 0.600. The Morgan fingerprint density at radius 2 is 1.72 bits per heavy atom. The number of carbonyl (C=O) groups excluding carboxylic acids is 2. The van der Waals surface area contributed by atoms with Crippen molar-refractivity contribution in [3.8, 4) is 0 Å². The van der Waals surface area contributed by atoms with E-state index in [4.69, 9.17) is 9.47 Å². The molecule has 2 aliphatic heterocycles. The molecule has 160 valence electrons. The number of ether oxygens (including phenoxy) is 2. The van der Waals surface area contributed by atoms with Crippen LogP contribution in [0.1, 0.15) is 35.2 Å². The van der Waals surface area contributed by atoms with Crippen molar-refractivity contribution in [2.45, 2.75) is 31.5 Å². The summed E-state index contributed by atoms with van der Waals surface area (Å²) >= 11 is 0. The van der Waals surface area contributed by atoms with Gasteiger partial charge in [0, 0.05) is 38.3 Å². The van der Waals surface area contributed by atoms with Gasteiger partial charge in [-0.25, -0.2) is 0 Å². The molecule has 0 aromatic heterocycles. The molecule has 0 radical (unpaired) electrons. The third kappa shape index (κ3) is 5.93. The van der Waals surface area contributed by atoms with Gasteiger partial charge in [-0.1, -0.05) is 0 Å². The topological polar surface area (TPSA) is 59.1 Å². The monoisotopic (exact) mass is 414 g/mol. The highest BCUT2D eigenvalue weighted by Gasteiger charge is 2.31. The summed E-state index contributed by atoms with van der Waals surface area (Å²) in [6.45, 7) is 3.10. The molecule has 2 saturated heterocycles. The van der Waals surface area contributed by atoms with Crippen LogP contribution in [-0.4, -0.2) is 73.7 Å². The average molecular weight is 414 g/mol. The van der Waals surface area contributed by atoms with Gasteiger partial charge in [0.2, 0.25) is 5.91 Å². The lowest BCUT2D eigenvalue weighted by Crippen LogP contribution is -2.50. The molecule has 2 heterocycles. The lowest BCUT2D eigenvalue weighted by molar-refractivity contribution is -0.137. The molecule has 2 fully saturated rings. The normalized spacial score (nSPS) is 20.2. The number of hydrogen-bond acceptors (Lipinski definition) is 4. The summed E-state index contributed by atoms with van der Waals surface area (Å²) in [4.78, 5) is 28.0. The Bertz CT molecular complexity index is 695. The predicted octanol–water partition coefficient (Wildman–Crippen LogP) is 2.58. The SMILES string of the molecule is O=C(CCOCC1CCCO1)N1CCN(C(=O)c2ccc(C(F)(F)F)cc2)CC1. The summed E-state index contributed by atoms with van der Waals surface area (Å²) in [5.74, 6) is -0.357. The maximum Gasteiger partial charge on any atom is 0.416 e. The van der Waals surface area contributed by atoms with E-state index in [1.54, 1.807) is 9.80 Å². The molecular formula is C20H25F3N2O4. The first-order valence-electron chi connectivity index (χ1n) is 9.78. The highest BCUT2D eigenvalue weighted by atomic mass is 19.4. The largest absolute Gasteiger partial charge is 0.416 e. The molecule has 6 nitrogen and oxygen atoms in total. The fourth-order valence-corrected chi connectivity index (χ4v) is 3.45. The van der Waals surface area contributed by atoms with Gasteiger partial charge in [-0.15, -0.1) is 0 Å². The minimum absolute atomic E-state index is 0.0287. The minimum Gasteiger partial charge on any atom is -0.378 e. The van der Waals surface area contributed by atoms with E-state index in [-0.39, 0.29) is 29.9 Å². The van der Waals surface area contributed by atoms with Crippen molar-refractivity contribution in [2.24, 2.45) is 0 Å². The number of piperazine rings is 1. The summed E-state index contributed by atoms with van der Waals surface area (Å²) in [5.41, 5.74) is -0.577. The van der Waals surface area contributed by atoms with Gasteiger partial charge in [-0.05, 0) is 37.1 Å². The van der Waals surface area contributed by atoms with E-state index in [1.807, 2.05) is 0 Å². The molecule has 29 heavy (non-hydrogen) atoms. The second kappa shape index (κ2) is 9.58. The average Bonchev–Trinajstić information content (AvgIpc) is 3.23. The predicted molar refractivity (Wildman–Crippen MR) is 98.3 cm³/mol. The molecule has 0 saturated carbocycles. The van der Waals surface area contributed by atoms with E-state index in [0.717, 1.165) is 31.6 Å². The second-order valence-electron chi connectivity index (χ2n) is 7.21. The van der Waals surface area contributed by atoms with Gasteiger partial charge in [-0.2, -0.15) is 13.2 Å². The summed E-state index contributed by atoms with van der Waals surface area (Å²) in [6, 6.07) is 4.19. The Morgan fingerprint density at radius 3 is 2.31 bits per heavy atom.